The number of aromatic nitrogens is 1. The molecule has 1 aromatic heterocycles. The number of halogens is 1. The summed E-state index contributed by atoms with van der Waals surface area (Å²) in [7, 11) is 3.04. The third-order valence-electron chi connectivity index (χ3n) is 7.90. The molecule has 6 rings (SSSR count). The molecular formula is C37H30ClN3O8S. The van der Waals surface area contributed by atoms with Gasteiger partial charge in [-0.25, -0.2) is 9.79 Å². The number of non-ortho nitro benzene ring substituents is 1. The summed E-state index contributed by atoms with van der Waals surface area (Å²) in [6, 6.07) is 24.6. The number of nitrogens with zero attached hydrogens (tertiary/aromatic N) is 3. The van der Waals surface area contributed by atoms with Crippen molar-refractivity contribution in [2.24, 2.45) is 4.99 Å². The minimum atomic E-state index is -0.931. The van der Waals surface area contributed by atoms with Crippen molar-refractivity contribution in [3.05, 3.63) is 154 Å². The summed E-state index contributed by atoms with van der Waals surface area (Å²) in [5.41, 5.74) is 2.65. The summed E-state index contributed by atoms with van der Waals surface area (Å²) in [5, 5.41) is 11.5. The first kappa shape index (κ1) is 34.2. The van der Waals surface area contributed by atoms with E-state index < -0.39 is 22.5 Å². The molecule has 5 aromatic rings. The van der Waals surface area contributed by atoms with Crippen LogP contribution in [0.3, 0.4) is 0 Å². The van der Waals surface area contributed by atoms with Gasteiger partial charge in [0.05, 0.1) is 47.6 Å². The van der Waals surface area contributed by atoms with Gasteiger partial charge in [-0.2, -0.15) is 0 Å². The predicted molar refractivity (Wildman–Crippen MR) is 189 cm³/mol. The zero-order chi connectivity index (χ0) is 35.4. The summed E-state index contributed by atoms with van der Waals surface area (Å²) in [5.74, 6) is 0.728. The average molecular weight is 712 g/mol. The van der Waals surface area contributed by atoms with Gasteiger partial charge < -0.3 is 18.9 Å². The lowest BCUT2D eigenvalue weighted by atomic mass is 9.93. The number of fused-ring (bicyclic) bond motifs is 1. The van der Waals surface area contributed by atoms with Crippen LogP contribution >= 0.6 is 22.9 Å². The average Bonchev–Trinajstić information content (AvgIpc) is 3.44. The molecule has 2 heterocycles. The number of methoxy groups -OCH3 is 2. The van der Waals surface area contributed by atoms with Crippen molar-refractivity contribution < 1.29 is 28.7 Å². The van der Waals surface area contributed by atoms with Gasteiger partial charge in [-0.3, -0.25) is 19.5 Å². The van der Waals surface area contributed by atoms with Crippen molar-refractivity contribution in [1.29, 1.82) is 0 Å². The van der Waals surface area contributed by atoms with Crippen LogP contribution in [0.15, 0.2) is 106 Å². The van der Waals surface area contributed by atoms with E-state index >= 15 is 0 Å². The van der Waals surface area contributed by atoms with Crippen molar-refractivity contribution >= 4 is 46.4 Å². The molecule has 13 heteroatoms. The minimum absolute atomic E-state index is 0.0239. The number of ether oxygens (including phenoxy) is 4. The lowest BCUT2D eigenvalue weighted by molar-refractivity contribution is -0.384. The fourth-order valence-electron chi connectivity index (χ4n) is 5.56. The van der Waals surface area contributed by atoms with Crippen molar-refractivity contribution in [3.63, 3.8) is 0 Å². The number of esters is 1. The van der Waals surface area contributed by atoms with E-state index in [2.05, 4.69) is 0 Å². The number of thiazole rings is 1. The summed E-state index contributed by atoms with van der Waals surface area (Å²) in [6.45, 7) is 1.95. The Labute approximate surface area is 295 Å². The summed E-state index contributed by atoms with van der Waals surface area (Å²) >= 11 is 7.55. The molecule has 50 heavy (non-hydrogen) atoms. The lowest BCUT2D eigenvalue weighted by Crippen LogP contribution is -2.40. The standard InChI is InChI=1S/C37H30ClN3O8S/c1-4-48-36(43)32-33(23-8-6-5-7-9-23)39-37-40(34(32)24-12-16-29(46-2)30(19-24)47-3)35(42)31(50-37)20-25-18-26(38)13-17-28(25)49-21-22-10-14-27(15-11-22)41(44)45/h5-20,34H,4,21H2,1-3H3/b31-20-/t34-/m0/s1. The number of rotatable bonds is 11. The largest absolute Gasteiger partial charge is 0.493 e. The van der Waals surface area contributed by atoms with Crippen LogP contribution in [0, 0.1) is 10.1 Å². The Morgan fingerprint density at radius 1 is 0.980 bits per heavy atom. The Bertz CT molecular complexity index is 2300. The molecule has 254 valence electrons. The second kappa shape index (κ2) is 14.8. The molecule has 0 saturated carbocycles. The number of hydrogen-bond donors (Lipinski definition) is 0. The molecule has 0 aliphatic carbocycles. The Morgan fingerprint density at radius 2 is 1.70 bits per heavy atom. The Morgan fingerprint density at radius 3 is 2.38 bits per heavy atom. The highest BCUT2D eigenvalue weighted by Gasteiger charge is 2.35. The Kier molecular flexibility index (Phi) is 10.1. The van der Waals surface area contributed by atoms with Gasteiger partial charge in [-0.15, -0.1) is 0 Å². The number of carbonyl (C=O) groups excluding carboxylic acids is 1. The Balaban J connectivity index is 1.52. The second-order valence-electron chi connectivity index (χ2n) is 10.9. The van der Waals surface area contributed by atoms with Crippen LogP contribution < -0.4 is 29.1 Å². The summed E-state index contributed by atoms with van der Waals surface area (Å²) < 4.78 is 24.5. The third kappa shape index (κ3) is 6.89. The Hall–Kier alpha value is -5.72. The van der Waals surface area contributed by atoms with E-state index in [1.165, 1.54) is 30.9 Å². The first-order valence-electron chi connectivity index (χ1n) is 15.4. The molecule has 0 unspecified atom stereocenters. The van der Waals surface area contributed by atoms with Crippen LogP contribution in [0.1, 0.15) is 35.2 Å². The van der Waals surface area contributed by atoms with E-state index in [1.807, 2.05) is 30.3 Å². The van der Waals surface area contributed by atoms with Crippen LogP contribution in [0.2, 0.25) is 5.02 Å². The zero-order valence-corrected chi connectivity index (χ0v) is 28.7. The SMILES string of the molecule is CCOC(=O)C1=C(c2ccccc2)N=c2s/c(=C\c3cc(Cl)ccc3OCc3ccc([N+](=O)[O-])cc3)c(=O)n2[C@H]1c1ccc(OC)c(OC)c1. The van der Waals surface area contributed by atoms with E-state index in [1.54, 1.807) is 61.5 Å². The number of nitro benzene ring substituents is 1. The maximum Gasteiger partial charge on any atom is 0.338 e. The molecule has 0 bridgehead atoms. The van der Waals surface area contributed by atoms with Crippen LogP contribution in [-0.4, -0.2) is 36.3 Å². The van der Waals surface area contributed by atoms with Gasteiger partial charge in [-0.05, 0) is 66.6 Å². The normalized spacial score (nSPS) is 14.1. The van der Waals surface area contributed by atoms with E-state index in [9.17, 15) is 19.7 Å². The molecule has 0 saturated heterocycles. The van der Waals surface area contributed by atoms with Gasteiger partial charge in [-0.1, -0.05) is 59.3 Å². The topological polar surface area (TPSA) is 131 Å². The summed E-state index contributed by atoms with van der Waals surface area (Å²) in [4.78, 5) is 44.1. The number of hydrogen-bond acceptors (Lipinski definition) is 10. The first-order valence-corrected chi connectivity index (χ1v) is 16.6. The minimum Gasteiger partial charge on any atom is -0.493 e. The van der Waals surface area contributed by atoms with Gasteiger partial charge in [0.25, 0.3) is 11.2 Å². The molecule has 4 aromatic carbocycles. The second-order valence-corrected chi connectivity index (χ2v) is 12.4. The van der Waals surface area contributed by atoms with E-state index in [0.29, 0.717) is 59.6 Å². The molecule has 11 nitrogen and oxygen atoms in total. The van der Waals surface area contributed by atoms with E-state index in [0.717, 1.165) is 11.3 Å². The first-order chi connectivity index (χ1) is 24.2. The number of carbonyl (C=O) groups is 1. The highest BCUT2D eigenvalue weighted by molar-refractivity contribution is 7.07. The molecule has 1 atom stereocenters. The predicted octanol–water partition coefficient (Wildman–Crippen LogP) is 6.09. The molecular weight excluding hydrogens is 682 g/mol. The molecule has 0 amide bonds. The molecule has 0 radical (unpaired) electrons. The summed E-state index contributed by atoms with van der Waals surface area (Å²) in [6.07, 6.45) is 1.67. The number of nitro groups is 1. The van der Waals surface area contributed by atoms with E-state index in [4.69, 9.17) is 35.5 Å². The monoisotopic (exact) mass is 711 g/mol. The maximum atomic E-state index is 14.4. The van der Waals surface area contributed by atoms with Gasteiger partial charge >= 0.3 is 5.97 Å². The van der Waals surface area contributed by atoms with Crippen LogP contribution in [0.5, 0.6) is 17.2 Å². The molecule has 1 aliphatic rings. The van der Waals surface area contributed by atoms with Crippen LogP contribution in [-0.2, 0) is 16.1 Å². The molecule has 0 fully saturated rings. The van der Waals surface area contributed by atoms with Gasteiger partial charge in [0.2, 0.25) is 0 Å². The fourth-order valence-corrected chi connectivity index (χ4v) is 6.73. The van der Waals surface area contributed by atoms with Crippen molar-refractivity contribution in [3.8, 4) is 17.2 Å². The van der Waals surface area contributed by atoms with Crippen molar-refractivity contribution in [1.82, 2.24) is 4.57 Å². The van der Waals surface area contributed by atoms with Gasteiger partial charge in [0, 0.05) is 28.3 Å². The van der Waals surface area contributed by atoms with Crippen molar-refractivity contribution in [2.75, 3.05) is 20.8 Å². The molecule has 0 N–H and O–H groups in total. The third-order valence-corrected chi connectivity index (χ3v) is 9.11. The van der Waals surface area contributed by atoms with Crippen LogP contribution in [0.25, 0.3) is 11.8 Å². The van der Waals surface area contributed by atoms with Crippen molar-refractivity contribution in [2.45, 2.75) is 19.6 Å². The maximum absolute atomic E-state index is 14.4. The van der Waals surface area contributed by atoms with Gasteiger partial charge in [0.15, 0.2) is 16.3 Å². The highest BCUT2D eigenvalue weighted by Crippen LogP contribution is 2.38. The van der Waals surface area contributed by atoms with Crippen LogP contribution in [0.4, 0.5) is 5.69 Å². The molecule has 0 spiro atoms. The zero-order valence-electron chi connectivity index (χ0n) is 27.1. The fraction of sp³-hybridized carbons (Fsp3) is 0.162. The molecule has 1 aliphatic heterocycles. The highest BCUT2D eigenvalue weighted by atomic mass is 35.5. The smallest absolute Gasteiger partial charge is 0.338 e. The quantitative estimate of drug-likeness (QED) is 0.0914. The van der Waals surface area contributed by atoms with Gasteiger partial charge in [0.1, 0.15) is 12.4 Å². The van der Waals surface area contributed by atoms with E-state index in [-0.39, 0.29) is 24.5 Å². The number of benzene rings is 4. The lowest BCUT2D eigenvalue weighted by Gasteiger charge is -2.26.